The lowest BCUT2D eigenvalue weighted by Gasteiger charge is -2.12. The van der Waals surface area contributed by atoms with Crippen molar-refractivity contribution >= 4 is 5.97 Å². The van der Waals surface area contributed by atoms with Crippen LogP contribution >= 0.6 is 0 Å². The zero-order chi connectivity index (χ0) is 12.5. The van der Waals surface area contributed by atoms with E-state index in [1.165, 1.54) is 31.8 Å². The smallest absolute Gasteiger partial charge is 0.330 e. The fourth-order valence-electron chi connectivity index (χ4n) is 2.07. The van der Waals surface area contributed by atoms with Crippen LogP contribution in [0.4, 0.5) is 0 Å². The summed E-state index contributed by atoms with van der Waals surface area (Å²) in [4.78, 5) is 11.4. The van der Waals surface area contributed by atoms with Crippen molar-refractivity contribution in [1.29, 1.82) is 0 Å². The van der Waals surface area contributed by atoms with Gasteiger partial charge < -0.3 is 9.84 Å². The average molecular weight is 240 g/mol. The lowest BCUT2D eigenvalue weighted by Crippen LogP contribution is -2.14. The molecule has 0 aromatic rings. The van der Waals surface area contributed by atoms with Gasteiger partial charge in [0.05, 0.1) is 12.2 Å². The van der Waals surface area contributed by atoms with Crippen LogP contribution in [0.25, 0.3) is 0 Å². The Morgan fingerprint density at radius 1 is 1.12 bits per heavy atom. The average Bonchev–Trinajstić information content (AvgIpc) is 2.29. The number of carbonyl (C=O) groups is 1. The van der Waals surface area contributed by atoms with Crippen molar-refractivity contribution in [2.45, 2.75) is 70.5 Å². The third-order valence-corrected chi connectivity index (χ3v) is 3.13. The van der Waals surface area contributed by atoms with E-state index in [-0.39, 0.29) is 12.1 Å². The number of rotatable bonds is 0. The highest BCUT2D eigenvalue weighted by atomic mass is 16.5. The van der Waals surface area contributed by atoms with Gasteiger partial charge in [-0.1, -0.05) is 32.1 Å². The van der Waals surface area contributed by atoms with Crippen LogP contribution in [0.5, 0.6) is 0 Å². The Bertz CT molecular complexity index is 248. The van der Waals surface area contributed by atoms with E-state index >= 15 is 0 Å². The molecule has 98 valence electrons. The Hall–Kier alpha value is -0.830. The van der Waals surface area contributed by atoms with Crippen LogP contribution in [0.3, 0.4) is 0 Å². The SMILES string of the molecule is C[C@@H]1CCCCCCCC[C@H](O)/C=C/C(=O)O1. The van der Waals surface area contributed by atoms with Crippen LogP contribution in [0.1, 0.15) is 58.3 Å². The van der Waals surface area contributed by atoms with Gasteiger partial charge in [0.25, 0.3) is 0 Å². The van der Waals surface area contributed by atoms with Gasteiger partial charge in [-0.15, -0.1) is 0 Å². The van der Waals surface area contributed by atoms with E-state index in [0.717, 1.165) is 25.7 Å². The summed E-state index contributed by atoms with van der Waals surface area (Å²) in [6.45, 7) is 1.92. The van der Waals surface area contributed by atoms with Gasteiger partial charge in [-0.05, 0) is 32.3 Å². The van der Waals surface area contributed by atoms with Gasteiger partial charge in [-0.2, -0.15) is 0 Å². The molecule has 0 unspecified atom stereocenters. The highest BCUT2D eigenvalue weighted by molar-refractivity contribution is 5.82. The number of cyclic esters (lactones) is 1. The summed E-state index contributed by atoms with van der Waals surface area (Å²) in [5.41, 5.74) is 0. The molecule has 0 spiro atoms. The minimum Gasteiger partial charge on any atom is -0.460 e. The number of ether oxygens (including phenoxy) is 1. The molecule has 1 aliphatic rings. The molecule has 1 heterocycles. The number of aliphatic hydroxyl groups is 1. The summed E-state index contributed by atoms with van der Waals surface area (Å²) >= 11 is 0. The first-order valence-corrected chi connectivity index (χ1v) is 6.75. The first-order valence-electron chi connectivity index (χ1n) is 6.75. The fraction of sp³-hybridized carbons (Fsp3) is 0.786. The Morgan fingerprint density at radius 3 is 2.41 bits per heavy atom. The largest absolute Gasteiger partial charge is 0.460 e. The van der Waals surface area contributed by atoms with Gasteiger partial charge in [0.2, 0.25) is 0 Å². The van der Waals surface area contributed by atoms with Crippen molar-refractivity contribution in [2.24, 2.45) is 0 Å². The normalized spacial score (nSPS) is 31.3. The lowest BCUT2D eigenvalue weighted by molar-refractivity contribution is -0.142. The molecule has 2 atom stereocenters. The van der Waals surface area contributed by atoms with Crippen molar-refractivity contribution in [3.8, 4) is 0 Å². The molecular weight excluding hydrogens is 216 g/mol. The van der Waals surface area contributed by atoms with E-state index in [1.54, 1.807) is 6.08 Å². The number of hydrogen-bond acceptors (Lipinski definition) is 3. The van der Waals surface area contributed by atoms with Crippen LogP contribution in [0.2, 0.25) is 0 Å². The number of hydrogen-bond donors (Lipinski definition) is 1. The monoisotopic (exact) mass is 240 g/mol. The Labute approximate surface area is 104 Å². The zero-order valence-electron chi connectivity index (χ0n) is 10.7. The minimum atomic E-state index is -0.513. The van der Waals surface area contributed by atoms with Crippen molar-refractivity contribution in [1.82, 2.24) is 0 Å². The molecule has 0 aliphatic carbocycles. The van der Waals surface area contributed by atoms with Crippen molar-refractivity contribution in [2.75, 3.05) is 0 Å². The molecule has 0 radical (unpaired) electrons. The van der Waals surface area contributed by atoms with E-state index in [9.17, 15) is 9.90 Å². The predicted molar refractivity (Wildman–Crippen MR) is 67.6 cm³/mol. The summed E-state index contributed by atoms with van der Waals surface area (Å²) < 4.78 is 5.21. The molecular formula is C14H24O3. The highest BCUT2D eigenvalue weighted by Crippen LogP contribution is 2.13. The summed E-state index contributed by atoms with van der Waals surface area (Å²) in [5, 5.41) is 9.61. The molecule has 0 saturated heterocycles. The van der Waals surface area contributed by atoms with Crippen molar-refractivity contribution in [3.63, 3.8) is 0 Å². The molecule has 0 amide bonds. The van der Waals surface area contributed by atoms with E-state index in [2.05, 4.69) is 0 Å². The second-order valence-corrected chi connectivity index (χ2v) is 4.87. The maximum absolute atomic E-state index is 11.4. The standard InChI is InChI=1S/C14H24O3/c1-12-8-6-4-2-3-5-7-9-13(15)10-11-14(16)17-12/h10-13,15H,2-9H2,1H3/b11-10+/t12-,13+/m1/s1. The summed E-state index contributed by atoms with van der Waals surface area (Å²) in [6, 6.07) is 0. The van der Waals surface area contributed by atoms with E-state index in [0.29, 0.717) is 0 Å². The zero-order valence-corrected chi connectivity index (χ0v) is 10.7. The third-order valence-electron chi connectivity index (χ3n) is 3.13. The first kappa shape index (κ1) is 14.2. The minimum absolute atomic E-state index is 0.0211. The lowest BCUT2D eigenvalue weighted by atomic mass is 10.0. The van der Waals surface area contributed by atoms with Gasteiger partial charge in [0.15, 0.2) is 0 Å². The summed E-state index contributed by atoms with van der Waals surface area (Å²) in [6.07, 6.45) is 11.0. The van der Waals surface area contributed by atoms with Crippen molar-refractivity contribution < 1.29 is 14.6 Å². The van der Waals surface area contributed by atoms with Crippen LogP contribution in [0.15, 0.2) is 12.2 Å². The van der Waals surface area contributed by atoms with E-state index in [4.69, 9.17) is 4.74 Å². The van der Waals surface area contributed by atoms with Crippen LogP contribution < -0.4 is 0 Å². The van der Waals surface area contributed by atoms with Crippen LogP contribution in [-0.4, -0.2) is 23.3 Å². The van der Waals surface area contributed by atoms with Crippen LogP contribution in [0, 0.1) is 0 Å². The fourth-order valence-corrected chi connectivity index (χ4v) is 2.07. The van der Waals surface area contributed by atoms with Gasteiger partial charge >= 0.3 is 5.97 Å². The molecule has 0 bridgehead atoms. The molecule has 17 heavy (non-hydrogen) atoms. The van der Waals surface area contributed by atoms with Gasteiger partial charge in [-0.25, -0.2) is 4.79 Å². The van der Waals surface area contributed by atoms with Gasteiger partial charge in [0.1, 0.15) is 0 Å². The Balaban J connectivity index is 2.44. The molecule has 1 rings (SSSR count). The van der Waals surface area contributed by atoms with Gasteiger partial charge in [-0.3, -0.25) is 0 Å². The van der Waals surface area contributed by atoms with Crippen LogP contribution in [-0.2, 0) is 9.53 Å². The molecule has 0 aromatic carbocycles. The van der Waals surface area contributed by atoms with Gasteiger partial charge in [0, 0.05) is 6.08 Å². The first-order chi connectivity index (χ1) is 8.18. The molecule has 1 N–H and O–H groups in total. The third kappa shape index (κ3) is 7.16. The highest BCUT2D eigenvalue weighted by Gasteiger charge is 2.08. The number of aliphatic hydroxyl groups excluding tert-OH is 1. The molecule has 0 aromatic heterocycles. The topological polar surface area (TPSA) is 46.5 Å². The second-order valence-electron chi connectivity index (χ2n) is 4.87. The molecule has 3 heteroatoms. The summed E-state index contributed by atoms with van der Waals surface area (Å²) in [7, 11) is 0. The maximum Gasteiger partial charge on any atom is 0.330 e. The molecule has 3 nitrogen and oxygen atoms in total. The Morgan fingerprint density at radius 2 is 1.71 bits per heavy atom. The summed E-state index contributed by atoms with van der Waals surface area (Å²) in [5.74, 6) is -0.339. The second kappa shape index (κ2) is 8.29. The Kier molecular flexibility index (Phi) is 6.94. The molecule has 0 saturated carbocycles. The number of carbonyl (C=O) groups excluding carboxylic acids is 1. The molecule has 0 fully saturated rings. The van der Waals surface area contributed by atoms with E-state index < -0.39 is 6.10 Å². The molecule has 1 aliphatic heterocycles. The van der Waals surface area contributed by atoms with E-state index in [1.807, 2.05) is 6.92 Å². The predicted octanol–water partition coefficient (Wildman–Crippen LogP) is 2.97. The number of esters is 1. The maximum atomic E-state index is 11.4. The quantitative estimate of drug-likeness (QED) is 0.662. The van der Waals surface area contributed by atoms with Crippen molar-refractivity contribution in [3.05, 3.63) is 12.2 Å².